The SMILES string of the molecule is CCCC(=O)CCC.ON=C(c1ccccc1)c1ccccc1. The molecule has 0 saturated heterocycles. The van der Waals surface area contributed by atoms with Gasteiger partial charge in [0.1, 0.15) is 11.5 Å². The molecule has 3 nitrogen and oxygen atoms in total. The molecule has 0 aliphatic carbocycles. The molecule has 2 aromatic rings. The van der Waals surface area contributed by atoms with Crippen LogP contribution in [0.5, 0.6) is 0 Å². The molecule has 2 aromatic carbocycles. The van der Waals surface area contributed by atoms with Crippen LogP contribution in [0.15, 0.2) is 65.8 Å². The second kappa shape index (κ2) is 11.2. The van der Waals surface area contributed by atoms with E-state index in [1.165, 1.54) is 0 Å². The first-order valence-corrected chi connectivity index (χ1v) is 8.07. The Labute approximate surface area is 138 Å². The van der Waals surface area contributed by atoms with Crippen molar-refractivity contribution in [2.45, 2.75) is 39.5 Å². The minimum atomic E-state index is 0.412. The number of hydrogen-bond acceptors (Lipinski definition) is 3. The van der Waals surface area contributed by atoms with E-state index in [0.717, 1.165) is 36.8 Å². The number of hydrogen-bond donors (Lipinski definition) is 1. The quantitative estimate of drug-likeness (QED) is 0.460. The molecule has 1 N–H and O–H groups in total. The maximum atomic E-state index is 10.6. The van der Waals surface area contributed by atoms with Crippen LogP contribution in [-0.2, 0) is 4.79 Å². The van der Waals surface area contributed by atoms with Gasteiger partial charge in [0, 0.05) is 24.0 Å². The van der Waals surface area contributed by atoms with E-state index in [-0.39, 0.29) is 0 Å². The third-order valence-electron chi connectivity index (χ3n) is 3.25. The molecule has 0 aliphatic heterocycles. The van der Waals surface area contributed by atoms with E-state index in [4.69, 9.17) is 5.21 Å². The highest BCUT2D eigenvalue weighted by Crippen LogP contribution is 2.09. The van der Waals surface area contributed by atoms with Crippen molar-refractivity contribution < 1.29 is 10.0 Å². The number of carbonyl (C=O) groups is 1. The van der Waals surface area contributed by atoms with Gasteiger partial charge in [-0.1, -0.05) is 79.7 Å². The third-order valence-corrected chi connectivity index (χ3v) is 3.25. The van der Waals surface area contributed by atoms with Crippen molar-refractivity contribution in [1.29, 1.82) is 0 Å². The summed E-state index contributed by atoms with van der Waals surface area (Å²) in [6.07, 6.45) is 3.54. The predicted octanol–water partition coefficient (Wildman–Crippen LogP) is 5.07. The number of nitrogens with zero attached hydrogens (tertiary/aromatic N) is 1. The lowest BCUT2D eigenvalue weighted by atomic mass is 10.0. The Kier molecular flexibility index (Phi) is 9.06. The molecule has 0 heterocycles. The van der Waals surface area contributed by atoms with Gasteiger partial charge in [-0.2, -0.15) is 0 Å². The van der Waals surface area contributed by atoms with Gasteiger partial charge in [-0.25, -0.2) is 0 Å². The van der Waals surface area contributed by atoms with Crippen molar-refractivity contribution in [3.63, 3.8) is 0 Å². The molecule has 0 spiro atoms. The van der Waals surface area contributed by atoms with Crippen LogP contribution in [0.4, 0.5) is 0 Å². The molecule has 23 heavy (non-hydrogen) atoms. The van der Waals surface area contributed by atoms with Crippen molar-refractivity contribution in [1.82, 2.24) is 0 Å². The zero-order chi connectivity index (χ0) is 16.9. The molecule has 2 rings (SSSR count). The molecule has 0 amide bonds. The molecule has 0 atom stereocenters. The molecule has 0 bridgehead atoms. The molecular formula is C20H25NO2. The van der Waals surface area contributed by atoms with Crippen molar-refractivity contribution in [3.05, 3.63) is 71.8 Å². The van der Waals surface area contributed by atoms with E-state index < -0.39 is 0 Å². The van der Waals surface area contributed by atoms with E-state index in [9.17, 15) is 4.79 Å². The molecule has 122 valence electrons. The first-order valence-electron chi connectivity index (χ1n) is 8.07. The lowest BCUT2D eigenvalue weighted by Crippen LogP contribution is -2.02. The molecule has 3 heteroatoms. The average molecular weight is 311 g/mol. The standard InChI is InChI=1S/C13H11NO.C7H14O/c15-14-13(11-7-3-1-4-8-11)12-9-5-2-6-10-12;1-3-5-7(8)6-4-2/h1-10,15H;3-6H2,1-2H3. The molecule has 0 aromatic heterocycles. The lowest BCUT2D eigenvalue weighted by molar-refractivity contribution is -0.119. The first-order chi connectivity index (χ1) is 11.2. The summed E-state index contributed by atoms with van der Waals surface area (Å²) in [5, 5.41) is 12.4. The predicted molar refractivity (Wildman–Crippen MR) is 95.1 cm³/mol. The minimum absolute atomic E-state index is 0.412. The highest BCUT2D eigenvalue weighted by atomic mass is 16.4. The first kappa shape index (κ1) is 18.6. The van der Waals surface area contributed by atoms with Crippen molar-refractivity contribution in [2.24, 2.45) is 5.16 Å². The van der Waals surface area contributed by atoms with Crippen molar-refractivity contribution in [3.8, 4) is 0 Å². The van der Waals surface area contributed by atoms with Crippen LogP contribution >= 0.6 is 0 Å². The minimum Gasteiger partial charge on any atom is -0.410 e. The molecule has 0 fully saturated rings. The van der Waals surface area contributed by atoms with E-state index in [1.807, 2.05) is 74.5 Å². The van der Waals surface area contributed by atoms with Crippen LogP contribution in [0, 0.1) is 0 Å². The summed E-state index contributed by atoms with van der Waals surface area (Å²) in [6.45, 7) is 4.07. The van der Waals surface area contributed by atoms with Gasteiger partial charge in [-0.3, -0.25) is 4.79 Å². The fourth-order valence-electron chi connectivity index (χ4n) is 2.16. The van der Waals surface area contributed by atoms with Gasteiger partial charge in [-0.05, 0) is 12.8 Å². The van der Waals surface area contributed by atoms with Crippen LogP contribution in [0.2, 0.25) is 0 Å². The summed E-state index contributed by atoms with van der Waals surface area (Å²) in [4.78, 5) is 10.6. The zero-order valence-corrected chi connectivity index (χ0v) is 13.9. The van der Waals surface area contributed by atoms with Crippen LogP contribution in [0.1, 0.15) is 50.7 Å². The fraction of sp³-hybridized carbons (Fsp3) is 0.300. The topological polar surface area (TPSA) is 49.7 Å². The number of benzene rings is 2. The monoisotopic (exact) mass is 311 g/mol. The summed E-state index contributed by atoms with van der Waals surface area (Å²) in [5.74, 6) is 0.412. The molecular weight excluding hydrogens is 286 g/mol. The van der Waals surface area contributed by atoms with Gasteiger partial charge in [-0.15, -0.1) is 0 Å². The normalized spacial score (nSPS) is 9.48. The Hall–Kier alpha value is -2.42. The van der Waals surface area contributed by atoms with E-state index in [0.29, 0.717) is 11.5 Å². The third kappa shape index (κ3) is 6.92. The Bertz CT molecular complexity index is 542. The van der Waals surface area contributed by atoms with Gasteiger partial charge in [0.05, 0.1) is 0 Å². The number of rotatable bonds is 6. The van der Waals surface area contributed by atoms with E-state index in [1.54, 1.807) is 0 Å². The van der Waals surface area contributed by atoms with Gasteiger partial charge in [0.25, 0.3) is 0 Å². The average Bonchev–Trinajstić information content (AvgIpc) is 2.59. The maximum Gasteiger partial charge on any atom is 0.132 e. The van der Waals surface area contributed by atoms with Crippen molar-refractivity contribution in [2.75, 3.05) is 0 Å². The largest absolute Gasteiger partial charge is 0.410 e. The second-order valence-corrected chi connectivity index (χ2v) is 5.22. The van der Waals surface area contributed by atoms with E-state index >= 15 is 0 Å². The van der Waals surface area contributed by atoms with Crippen LogP contribution in [0.3, 0.4) is 0 Å². The Morgan fingerprint density at radius 3 is 1.52 bits per heavy atom. The second-order valence-electron chi connectivity index (χ2n) is 5.22. The Morgan fingerprint density at radius 2 is 1.22 bits per heavy atom. The smallest absolute Gasteiger partial charge is 0.132 e. The van der Waals surface area contributed by atoms with Crippen LogP contribution < -0.4 is 0 Å². The maximum absolute atomic E-state index is 10.6. The van der Waals surface area contributed by atoms with Crippen LogP contribution in [-0.4, -0.2) is 16.7 Å². The number of oxime groups is 1. The summed E-state index contributed by atoms with van der Waals surface area (Å²) in [6, 6.07) is 19.2. The van der Waals surface area contributed by atoms with Gasteiger partial charge < -0.3 is 5.21 Å². The summed E-state index contributed by atoms with van der Waals surface area (Å²) >= 11 is 0. The summed E-state index contributed by atoms with van der Waals surface area (Å²) in [5.41, 5.74) is 2.41. The number of carbonyl (C=O) groups excluding carboxylic acids is 1. The number of Topliss-reactive ketones (excluding diaryl/α,β-unsaturated/α-hetero) is 1. The number of ketones is 1. The highest BCUT2D eigenvalue weighted by Gasteiger charge is 2.05. The lowest BCUT2D eigenvalue weighted by Gasteiger charge is -2.03. The summed E-state index contributed by atoms with van der Waals surface area (Å²) < 4.78 is 0. The van der Waals surface area contributed by atoms with Crippen molar-refractivity contribution >= 4 is 11.5 Å². The molecule has 0 radical (unpaired) electrons. The summed E-state index contributed by atoms with van der Waals surface area (Å²) in [7, 11) is 0. The zero-order valence-electron chi connectivity index (χ0n) is 13.9. The molecule has 0 unspecified atom stereocenters. The van der Waals surface area contributed by atoms with Gasteiger partial charge in [0.2, 0.25) is 0 Å². The van der Waals surface area contributed by atoms with Gasteiger partial charge in [0.15, 0.2) is 0 Å². The van der Waals surface area contributed by atoms with Crippen LogP contribution in [0.25, 0.3) is 0 Å². The van der Waals surface area contributed by atoms with E-state index in [2.05, 4.69) is 5.16 Å². The molecule has 0 saturated carbocycles. The molecule has 0 aliphatic rings. The Balaban J connectivity index is 0.000000284. The highest BCUT2D eigenvalue weighted by molar-refractivity contribution is 6.12. The Morgan fingerprint density at radius 1 is 0.826 bits per heavy atom. The van der Waals surface area contributed by atoms with Gasteiger partial charge >= 0.3 is 0 Å². The fourth-order valence-corrected chi connectivity index (χ4v) is 2.16.